The molecule has 0 aliphatic carbocycles. The standard InChI is InChI=1S/C19H21F3N2O4S/c1-3-28-17-7-5-4-6-14(17)12-23-18(25)13-24(29(2,26)27)16-10-8-15(9-11-16)19(20,21)22/h4-11H,3,12-13H2,1-2H3,(H,23,25). The highest BCUT2D eigenvalue weighted by Gasteiger charge is 2.30. The molecule has 2 aromatic rings. The van der Waals surface area contributed by atoms with Gasteiger partial charge in [0.05, 0.1) is 24.1 Å². The molecule has 0 spiro atoms. The molecule has 0 aromatic heterocycles. The number of sulfonamides is 1. The Balaban J connectivity index is 2.12. The van der Waals surface area contributed by atoms with Gasteiger partial charge in [0.25, 0.3) is 0 Å². The van der Waals surface area contributed by atoms with E-state index in [1.807, 2.05) is 6.92 Å². The first-order valence-electron chi connectivity index (χ1n) is 8.64. The number of carbonyl (C=O) groups excluding carboxylic acids is 1. The number of para-hydroxylation sites is 1. The molecule has 1 amide bonds. The Labute approximate surface area is 167 Å². The molecule has 0 bridgehead atoms. The van der Waals surface area contributed by atoms with Crippen LogP contribution in [0.1, 0.15) is 18.1 Å². The van der Waals surface area contributed by atoms with Crippen molar-refractivity contribution < 1.29 is 31.1 Å². The molecule has 6 nitrogen and oxygen atoms in total. The number of nitrogens with zero attached hydrogens (tertiary/aromatic N) is 1. The molecule has 0 fully saturated rings. The molecule has 1 N–H and O–H groups in total. The predicted molar refractivity (Wildman–Crippen MR) is 103 cm³/mol. The number of anilines is 1. The first-order valence-corrected chi connectivity index (χ1v) is 10.5. The van der Waals surface area contributed by atoms with Gasteiger partial charge in [0.1, 0.15) is 12.3 Å². The van der Waals surface area contributed by atoms with Crippen molar-refractivity contribution in [1.29, 1.82) is 0 Å². The SMILES string of the molecule is CCOc1ccccc1CNC(=O)CN(c1ccc(C(F)(F)F)cc1)S(C)(=O)=O. The van der Waals surface area contributed by atoms with E-state index in [0.29, 0.717) is 17.9 Å². The van der Waals surface area contributed by atoms with Gasteiger partial charge in [-0.15, -0.1) is 0 Å². The molecule has 2 aromatic carbocycles. The van der Waals surface area contributed by atoms with Gasteiger partial charge in [-0.3, -0.25) is 9.10 Å². The minimum Gasteiger partial charge on any atom is -0.494 e. The Kier molecular flexibility index (Phi) is 7.12. The summed E-state index contributed by atoms with van der Waals surface area (Å²) >= 11 is 0. The molecule has 0 radical (unpaired) electrons. The fraction of sp³-hybridized carbons (Fsp3) is 0.316. The Morgan fingerprint density at radius 1 is 1.10 bits per heavy atom. The van der Waals surface area contributed by atoms with Crippen LogP contribution in [0.2, 0.25) is 0 Å². The van der Waals surface area contributed by atoms with E-state index in [1.165, 1.54) is 0 Å². The van der Waals surface area contributed by atoms with Crippen molar-refractivity contribution in [3.63, 3.8) is 0 Å². The molecule has 0 unspecified atom stereocenters. The maximum Gasteiger partial charge on any atom is 0.416 e. The van der Waals surface area contributed by atoms with E-state index in [9.17, 15) is 26.4 Å². The number of alkyl halides is 3. The Morgan fingerprint density at radius 3 is 2.28 bits per heavy atom. The summed E-state index contributed by atoms with van der Waals surface area (Å²) in [4.78, 5) is 12.3. The molecule has 0 aliphatic heterocycles. The normalized spacial score (nSPS) is 11.8. The topological polar surface area (TPSA) is 75.7 Å². The monoisotopic (exact) mass is 430 g/mol. The third-order valence-electron chi connectivity index (χ3n) is 3.92. The molecule has 158 valence electrons. The molecule has 0 saturated carbocycles. The maximum atomic E-state index is 12.7. The third kappa shape index (κ3) is 6.38. The number of benzene rings is 2. The second-order valence-electron chi connectivity index (χ2n) is 6.13. The molecule has 29 heavy (non-hydrogen) atoms. The van der Waals surface area contributed by atoms with Gasteiger partial charge in [-0.2, -0.15) is 13.2 Å². The fourth-order valence-electron chi connectivity index (χ4n) is 2.54. The first kappa shape index (κ1) is 22.5. The highest BCUT2D eigenvalue weighted by molar-refractivity contribution is 7.92. The number of carbonyl (C=O) groups is 1. The van der Waals surface area contributed by atoms with Crippen LogP contribution < -0.4 is 14.4 Å². The highest BCUT2D eigenvalue weighted by Crippen LogP contribution is 2.31. The van der Waals surface area contributed by atoms with E-state index in [2.05, 4.69) is 5.32 Å². The fourth-order valence-corrected chi connectivity index (χ4v) is 3.40. The summed E-state index contributed by atoms with van der Waals surface area (Å²) in [6.07, 6.45) is -3.66. The number of amides is 1. The lowest BCUT2D eigenvalue weighted by Crippen LogP contribution is -2.40. The van der Waals surface area contributed by atoms with Gasteiger partial charge >= 0.3 is 6.18 Å². The van der Waals surface area contributed by atoms with Crippen LogP contribution in [-0.4, -0.2) is 33.7 Å². The summed E-state index contributed by atoms with van der Waals surface area (Å²) in [6.45, 7) is 1.81. The van der Waals surface area contributed by atoms with Crippen molar-refractivity contribution in [2.45, 2.75) is 19.6 Å². The summed E-state index contributed by atoms with van der Waals surface area (Å²) < 4.78 is 68.5. The number of hydrogen-bond donors (Lipinski definition) is 1. The predicted octanol–water partition coefficient (Wildman–Crippen LogP) is 3.19. The molecule has 0 aliphatic rings. The smallest absolute Gasteiger partial charge is 0.416 e. The summed E-state index contributed by atoms with van der Waals surface area (Å²) in [7, 11) is -3.89. The average molecular weight is 430 g/mol. The Bertz CT molecular complexity index is 945. The lowest BCUT2D eigenvalue weighted by Gasteiger charge is -2.22. The minimum absolute atomic E-state index is 0.0367. The quantitative estimate of drug-likeness (QED) is 0.698. The Hall–Kier alpha value is -2.75. The van der Waals surface area contributed by atoms with Crippen LogP contribution in [-0.2, 0) is 27.5 Å². The third-order valence-corrected chi connectivity index (χ3v) is 5.06. The largest absolute Gasteiger partial charge is 0.494 e. The molecule has 10 heteroatoms. The average Bonchev–Trinajstić information content (AvgIpc) is 2.64. The van der Waals surface area contributed by atoms with Gasteiger partial charge < -0.3 is 10.1 Å². The van der Waals surface area contributed by atoms with Gasteiger partial charge in [0, 0.05) is 12.1 Å². The van der Waals surface area contributed by atoms with Crippen LogP contribution in [0, 0.1) is 0 Å². The zero-order valence-corrected chi connectivity index (χ0v) is 16.7. The van der Waals surface area contributed by atoms with Crippen molar-refractivity contribution in [1.82, 2.24) is 5.32 Å². The highest BCUT2D eigenvalue weighted by atomic mass is 32.2. The van der Waals surface area contributed by atoms with Crippen LogP contribution in [0.25, 0.3) is 0 Å². The van der Waals surface area contributed by atoms with Crippen molar-refractivity contribution >= 4 is 21.6 Å². The van der Waals surface area contributed by atoms with Gasteiger partial charge in [-0.1, -0.05) is 18.2 Å². The number of nitrogens with one attached hydrogen (secondary N) is 1. The van der Waals surface area contributed by atoms with E-state index >= 15 is 0 Å². The van der Waals surface area contributed by atoms with Crippen molar-refractivity contribution in [3.8, 4) is 5.75 Å². The number of rotatable bonds is 8. The van der Waals surface area contributed by atoms with Crippen LogP contribution in [0.3, 0.4) is 0 Å². The second kappa shape index (κ2) is 9.17. The summed E-state index contributed by atoms with van der Waals surface area (Å²) in [6, 6.07) is 10.6. The van der Waals surface area contributed by atoms with E-state index in [4.69, 9.17) is 4.74 Å². The summed E-state index contributed by atoms with van der Waals surface area (Å²) in [5.74, 6) is -0.0142. The van der Waals surface area contributed by atoms with E-state index in [-0.39, 0.29) is 12.2 Å². The van der Waals surface area contributed by atoms with Gasteiger partial charge in [0.15, 0.2) is 0 Å². The summed E-state index contributed by atoms with van der Waals surface area (Å²) in [5, 5.41) is 2.60. The van der Waals surface area contributed by atoms with Gasteiger partial charge in [0.2, 0.25) is 15.9 Å². The Morgan fingerprint density at radius 2 is 1.72 bits per heavy atom. The van der Waals surface area contributed by atoms with E-state index in [1.54, 1.807) is 24.3 Å². The maximum absolute atomic E-state index is 12.7. The number of halogens is 3. The minimum atomic E-state index is -4.54. The van der Waals surface area contributed by atoms with Crippen molar-refractivity contribution in [2.24, 2.45) is 0 Å². The van der Waals surface area contributed by atoms with Gasteiger partial charge in [-0.25, -0.2) is 8.42 Å². The van der Waals surface area contributed by atoms with Crippen LogP contribution >= 0.6 is 0 Å². The second-order valence-corrected chi connectivity index (χ2v) is 8.04. The molecule has 2 rings (SSSR count). The van der Waals surface area contributed by atoms with Crippen LogP contribution in [0.15, 0.2) is 48.5 Å². The molecular formula is C19H21F3N2O4S. The lowest BCUT2D eigenvalue weighted by molar-refractivity contribution is -0.137. The number of hydrogen-bond acceptors (Lipinski definition) is 4. The summed E-state index contributed by atoms with van der Waals surface area (Å²) in [5.41, 5.74) is -0.236. The molecule has 0 heterocycles. The lowest BCUT2D eigenvalue weighted by atomic mass is 10.2. The van der Waals surface area contributed by atoms with Crippen molar-refractivity contribution in [3.05, 3.63) is 59.7 Å². The van der Waals surface area contributed by atoms with Gasteiger partial charge in [-0.05, 0) is 37.3 Å². The zero-order chi connectivity index (χ0) is 21.7. The van der Waals surface area contributed by atoms with Crippen molar-refractivity contribution in [2.75, 3.05) is 23.7 Å². The van der Waals surface area contributed by atoms with Crippen LogP contribution in [0.4, 0.5) is 18.9 Å². The van der Waals surface area contributed by atoms with E-state index in [0.717, 1.165) is 34.8 Å². The van der Waals surface area contributed by atoms with Crippen LogP contribution in [0.5, 0.6) is 5.75 Å². The molecular weight excluding hydrogens is 409 g/mol. The molecule has 0 saturated heterocycles. The number of ether oxygens (including phenoxy) is 1. The zero-order valence-electron chi connectivity index (χ0n) is 15.9. The first-order chi connectivity index (χ1) is 13.5. The van der Waals surface area contributed by atoms with E-state index < -0.39 is 34.2 Å². The molecule has 0 atom stereocenters.